The van der Waals surface area contributed by atoms with Gasteiger partial charge in [0.15, 0.2) is 0 Å². The molecule has 8 heteroatoms. The van der Waals surface area contributed by atoms with Gasteiger partial charge in [-0.3, -0.25) is 9.78 Å². The summed E-state index contributed by atoms with van der Waals surface area (Å²) in [5, 5.41) is 5.80. The number of hydrogen-bond acceptors (Lipinski definition) is 6. The van der Waals surface area contributed by atoms with E-state index in [2.05, 4.69) is 30.6 Å². The number of hydrogen-bond donors (Lipinski definition) is 2. The lowest BCUT2D eigenvalue weighted by atomic mass is 10.1. The van der Waals surface area contributed by atoms with Gasteiger partial charge >= 0.3 is 0 Å². The van der Waals surface area contributed by atoms with Crippen LogP contribution in [-0.2, 0) is 0 Å². The lowest BCUT2D eigenvalue weighted by Gasteiger charge is -2.13. The first-order valence-electron chi connectivity index (χ1n) is 13.6. The maximum Gasteiger partial charge on any atom is 0.255 e. The van der Waals surface area contributed by atoms with Crippen molar-refractivity contribution in [2.75, 3.05) is 10.6 Å². The Kier molecular flexibility index (Phi) is 4.78. The molecule has 0 fully saturated rings. The van der Waals surface area contributed by atoms with Gasteiger partial charge in [-0.2, -0.15) is 0 Å². The lowest BCUT2D eigenvalue weighted by molar-refractivity contribution is 0.102. The molecule has 0 radical (unpaired) electrons. The Morgan fingerprint density at radius 3 is 2.75 bits per heavy atom. The number of pyridine rings is 1. The quantitative estimate of drug-likeness (QED) is 0.326. The average molecular weight is 481 g/mol. The van der Waals surface area contributed by atoms with Crippen LogP contribution in [0.3, 0.4) is 0 Å². The van der Waals surface area contributed by atoms with Gasteiger partial charge in [-0.25, -0.2) is 15.0 Å². The fourth-order valence-corrected chi connectivity index (χ4v) is 3.63. The molecular formula is C28H25N7O. The van der Waals surface area contributed by atoms with Crippen LogP contribution >= 0.6 is 0 Å². The zero-order chi connectivity index (χ0) is 29.3. The molecule has 0 unspecified atom stereocenters. The van der Waals surface area contributed by atoms with E-state index < -0.39 is 12.8 Å². The van der Waals surface area contributed by atoms with Crippen LogP contribution < -0.4 is 10.6 Å². The Hall–Kier alpha value is -4.85. The molecule has 0 atom stereocenters. The molecule has 0 saturated carbocycles. The first-order chi connectivity index (χ1) is 19.5. The van der Waals surface area contributed by atoms with E-state index in [1.54, 1.807) is 55.8 Å². The SMILES string of the molecule is [2H]c1nc(C)c([2H])n1-c1cc(C)cc(NC(=O)c2ccc(C([2H])([2H])[2H])c(Nc3nccc(-c4cccnc4)n3)c2)c1. The summed E-state index contributed by atoms with van der Waals surface area (Å²) < 4.78 is 41.7. The van der Waals surface area contributed by atoms with Crippen molar-refractivity contribution in [3.63, 3.8) is 0 Å². The fourth-order valence-electron chi connectivity index (χ4n) is 3.63. The molecule has 1 amide bonds. The summed E-state index contributed by atoms with van der Waals surface area (Å²) in [6.45, 7) is 1.03. The highest BCUT2D eigenvalue weighted by Gasteiger charge is 2.12. The molecule has 2 aromatic carbocycles. The van der Waals surface area contributed by atoms with Gasteiger partial charge in [0.2, 0.25) is 5.95 Å². The number of aromatic nitrogens is 5. The number of carbonyl (C=O) groups excluding carboxylic acids is 1. The monoisotopic (exact) mass is 480 g/mol. The van der Waals surface area contributed by atoms with E-state index in [0.717, 1.165) is 11.1 Å². The Labute approximate surface area is 216 Å². The summed E-state index contributed by atoms with van der Waals surface area (Å²) in [6, 6.07) is 14.8. The molecule has 36 heavy (non-hydrogen) atoms. The minimum Gasteiger partial charge on any atom is -0.324 e. The van der Waals surface area contributed by atoms with Crippen molar-refractivity contribution < 1.29 is 11.6 Å². The maximum atomic E-state index is 13.3. The molecule has 3 aromatic heterocycles. The van der Waals surface area contributed by atoms with Gasteiger partial charge in [-0.15, -0.1) is 0 Å². The molecule has 0 spiro atoms. The van der Waals surface area contributed by atoms with Gasteiger partial charge in [-0.05, 0) is 80.4 Å². The zero-order valence-corrected chi connectivity index (χ0v) is 19.6. The zero-order valence-electron chi connectivity index (χ0n) is 24.6. The van der Waals surface area contributed by atoms with Crippen molar-refractivity contribution >= 4 is 23.2 Å². The van der Waals surface area contributed by atoms with Crippen LogP contribution in [0.25, 0.3) is 16.9 Å². The van der Waals surface area contributed by atoms with Crippen LogP contribution in [-0.4, -0.2) is 30.4 Å². The van der Waals surface area contributed by atoms with Gasteiger partial charge in [-0.1, -0.05) is 6.07 Å². The number of carbonyl (C=O) groups is 1. The second kappa shape index (κ2) is 9.79. The van der Waals surface area contributed by atoms with E-state index in [-0.39, 0.29) is 35.2 Å². The average Bonchev–Trinajstić information content (AvgIpc) is 3.18. The van der Waals surface area contributed by atoms with Crippen LogP contribution in [0, 0.1) is 20.7 Å². The van der Waals surface area contributed by atoms with E-state index in [1.807, 2.05) is 13.0 Å². The topological polar surface area (TPSA) is 97.6 Å². The number of nitrogens with zero attached hydrogens (tertiary/aromatic N) is 5. The minimum absolute atomic E-state index is 0.00343. The predicted octanol–water partition coefficient (Wildman–Crippen LogP) is 5.65. The first-order valence-corrected chi connectivity index (χ1v) is 11.1. The molecule has 0 aliphatic carbocycles. The van der Waals surface area contributed by atoms with Gasteiger partial charge in [0, 0.05) is 57.1 Å². The van der Waals surface area contributed by atoms with Crippen molar-refractivity contribution in [1.29, 1.82) is 0 Å². The standard InChI is InChI=1S/C28H25N7O/c1-18-11-23(14-24(12-18)35-16-20(3)31-17-35)32-27(36)21-7-6-19(2)26(13-21)34-28-30-10-8-25(33-28)22-5-4-9-29-15-22/h4-17H,1-3H3,(H,32,36)(H,30,33,34)/i2D3,16D,17D. The highest BCUT2D eigenvalue weighted by molar-refractivity contribution is 6.05. The molecule has 5 rings (SSSR count). The Balaban J connectivity index is 1.46. The van der Waals surface area contributed by atoms with E-state index in [9.17, 15) is 4.79 Å². The van der Waals surface area contributed by atoms with E-state index >= 15 is 0 Å². The molecule has 8 nitrogen and oxygen atoms in total. The van der Waals surface area contributed by atoms with Gasteiger partial charge in [0.05, 0.1) is 19.1 Å². The Morgan fingerprint density at radius 2 is 1.97 bits per heavy atom. The van der Waals surface area contributed by atoms with Crippen LogP contribution in [0.1, 0.15) is 34.0 Å². The number of benzene rings is 2. The first kappa shape index (κ1) is 17.6. The van der Waals surface area contributed by atoms with E-state index in [4.69, 9.17) is 6.85 Å². The minimum atomic E-state index is -2.46. The fraction of sp³-hybridized carbons (Fsp3) is 0.107. The third kappa shape index (κ3) is 5.12. The normalized spacial score (nSPS) is 13.1. The molecule has 0 aliphatic rings. The maximum absolute atomic E-state index is 13.3. The number of imidazole rings is 1. The molecule has 178 valence electrons. The molecule has 5 aromatic rings. The highest BCUT2D eigenvalue weighted by atomic mass is 16.1. The third-order valence-electron chi connectivity index (χ3n) is 5.31. The molecule has 0 aliphatic heterocycles. The molecular weight excluding hydrogens is 450 g/mol. The lowest BCUT2D eigenvalue weighted by Crippen LogP contribution is -2.13. The van der Waals surface area contributed by atoms with Crippen molar-refractivity contribution in [2.45, 2.75) is 20.7 Å². The van der Waals surface area contributed by atoms with Crippen LogP contribution in [0.5, 0.6) is 0 Å². The van der Waals surface area contributed by atoms with Crippen molar-refractivity contribution in [3.8, 4) is 16.9 Å². The van der Waals surface area contributed by atoms with E-state index in [1.165, 1.54) is 22.8 Å². The van der Waals surface area contributed by atoms with Gasteiger partial charge in [0.25, 0.3) is 5.91 Å². The second-order valence-corrected chi connectivity index (χ2v) is 8.15. The van der Waals surface area contributed by atoms with E-state index in [0.29, 0.717) is 22.8 Å². The van der Waals surface area contributed by atoms with Crippen LogP contribution in [0.4, 0.5) is 17.3 Å². The van der Waals surface area contributed by atoms with Gasteiger partial charge in [0.1, 0.15) is 1.37 Å². The largest absolute Gasteiger partial charge is 0.324 e. The number of rotatable bonds is 6. The molecule has 2 N–H and O–H groups in total. The number of nitrogens with one attached hydrogen (secondary N) is 2. The third-order valence-corrected chi connectivity index (χ3v) is 5.31. The number of aryl methyl sites for hydroxylation is 3. The second-order valence-electron chi connectivity index (χ2n) is 8.15. The van der Waals surface area contributed by atoms with Crippen molar-refractivity contribution in [3.05, 3.63) is 108 Å². The predicted molar refractivity (Wildman–Crippen MR) is 141 cm³/mol. The van der Waals surface area contributed by atoms with Crippen LogP contribution in [0.15, 0.2) is 85.7 Å². The van der Waals surface area contributed by atoms with Gasteiger partial charge < -0.3 is 15.2 Å². The number of amides is 1. The Morgan fingerprint density at radius 1 is 1.06 bits per heavy atom. The summed E-state index contributed by atoms with van der Waals surface area (Å²) in [5.74, 6) is -0.323. The summed E-state index contributed by atoms with van der Waals surface area (Å²) >= 11 is 0. The molecule has 3 heterocycles. The highest BCUT2D eigenvalue weighted by Crippen LogP contribution is 2.24. The molecule has 0 bridgehead atoms. The van der Waals surface area contributed by atoms with Crippen molar-refractivity contribution in [1.82, 2.24) is 24.5 Å². The van der Waals surface area contributed by atoms with Crippen LogP contribution in [0.2, 0.25) is 0 Å². The Bertz CT molecular complexity index is 1750. The summed E-state index contributed by atoms with van der Waals surface area (Å²) in [4.78, 5) is 30.2. The summed E-state index contributed by atoms with van der Waals surface area (Å²) in [7, 11) is 0. The van der Waals surface area contributed by atoms with Crippen molar-refractivity contribution in [2.24, 2.45) is 0 Å². The molecule has 0 saturated heterocycles. The summed E-state index contributed by atoms with van der Waals surface area (Å²) in [6.07, 6.45) is 4.86. The smallest absolute Gasteiger partial charge is 0.255 e. The number of anilines is 3. The summed E-state index contributed by atoms with van der Waals surface area (Å²) in [5.41, 5.74) is 3.91.